The van der Waals surface area contributed by atoms with Crippen LogP contribution in [0.2, 0.25) is 0 Å². The maximum absolute atomic E-state index is 8.34. The third-order valence-corrected chi connectivity index (χ3v) is 0.995. The average molecular weight is 165 g/mol. The van der Waals surface area contributed by atoms with Crippen LogP contribution in [0.1, 0.15) is 0 Å². The van der Waals surface area contributed by atoms with Crippen LogP contribution < -0.4 is 0 Å². The van der Waals surface area contributed by atoms with E-state index in [1.807, 2.05) is 0 Å². The minimum Gasteiger partial charge on any atom is -0.432 e. The van der Waals surface area contributed by atoms with Crippen LogP contribution in [0.3, 0.4) is 0 Å². The summed E-state index contributed by atoms with van der Waals surface area (Å²) >= 11 is 4.04. The molecule has 50 valence electrons. The van der Waals surface area contributed by atoms with Crippen LogP contribution in [0, 0.1) is 11.3 Å². The highest BCUT2D eigenvalue weighted by molar-refractivity contribution is 8.06. The van der Waals surface area contributed by atoms with Gasteiger partial charge in [-0.2, -0.15) is 5.26 Å². The van der Waals surface area contributed by atoms with Crippen LogP contribution >= 0.6 is 6.72 Å². The fraction of sp³-hybridized carbons (Fsp3) is 0. The van der Waals surface area contributed by atoms with Gasteiger partial charge in [-0.15, -0.1) is 0 Å². The molecule has 0 heterocycles. The summed E-state index contributed by atoms with van der Waals surface area (Å²) in [5.41, 5.74) is 0. The van der Waals surface area contributed by atoms with E-state index in [-0.39, 0.29) is 0 Å². The Labute approximate surface area is 57.3 Å². The van der Waals surface area contributed by atoms with Crippen molar-refractivity contribution in [1.82, 2.24) is 0 Å². The molecule has 0 aliphatic rings. The van der Waals surface area contributed by atoms with Crippen molar-refractivity contribution in [2.75, 3.05) is 0 Å². The summed E-state index contributed by atoms with van der Waals surface area (Å²) < 4.78 is 4.10. The van der Waals surface area contributed by atoms with Gasteiger partial charge < -0.3 is 14.3 Å². The summed E-state index contributed by atoms with van der Waals surface area (Å²) in [6.45, 7) is -3.60. The molecule has 9 heavy (non-hydrogen) atoms. The van der Waals surface area contributed by atoms with E-state index < -0.39 is 6.72 Å². The van der Waals surface area contributed by atoms with E-state index in [0.717, 1.165) is 12.3 Å². The molecule has 0 aromatic carbocycles. The van der Waals surface area contributed by atoms with Gasteiger partial charge in [0.05, 0.1) is 12.1 Å². The van der Waals surface area contributed by atoms with Gasteiger partial charge in [-0.05, 0) is 0 Å². The highest BCUT2D eigenvalue weighted by atomic mass is 32.5. The monoisotopic (exact) mass is 165 g/mol. The second-order valence-corrected chi connectivity index (χ2v) is 3.65. The van der Waals surface area contributed by atoms with E-state index in [4.69, 9.17) is 15.0 Å². The number of rotatable bonds is 2. The van der Waals surface area contributed by atoms with Gasteiger partial charge >= 0.3 is 6.72 Å². The lowest BCUT2D eigenvalue weighted by Crippen LogP contribution is -1.76. The number of nitriles is 1. The SMILES string of the molecule is N#CC=COP(O)(O)=S. The molecule has 0 unspecified atom stereocenters. The predicted octanol–water partition coefficient (Wildman–Crippen LogP) is 0.249. The quantitative estimate of drug-likeness (QED) is 0.348. The van der Waals surface area contributed by atoms with Gasteiger partial charge in [-0.1, -0.05) is 0 Å². The van der Waals surface area contributed by atoms with Gasteiger partial charge in [-0.25, -0.2) is 0 Å². The summed E-state index contributed by atoms with van der Waals surface area (Å²) in [5, 5.41) is 7.86. The summed E-state index contributed by atoms with van der Waals surface area (Å²) in [6.07, 6.45) is 1.80. The summed E-state index contributed by atoms with van der Waals surface area (Å²) in [6, 6.07) is 1.58. The number of nitrogens with zero attached hydrogens (tertiary/aromatic N) is 1. The second-order valence-electron chi connectivity index (χ2n) is 1.03. The zero-order valence-corrected chi connectivity index (χ0v) is 5.97. The molecule has 0 atom stereocenters. The van der Waals surface area contributed by atoms with Crippen LogP contribution in [-0.2, 0) is 16.3 Å². The summed E-state index contributed by atoms with van der Waals surface area (Å²) in [7, 11) is 0. The molecule has 0 aromatic rings. The van der Waals surface area contributed by atoms with Crippen LogP contribution in [0.4, 0.5) is 0 Å². The molecule has 0 radical (unpaired) electrons. The second kappa shape index (κ2) is 3.59. The average Bonchev–Trinajstić information content (AvgIpc) is 1.63. The van der Waals surface area contributed by atoms with Crippen molar-refractivity contribution in [2.45, 2.75) is 0 Å². The van der Waals surface area contributed by atoms with Crippen molar-refractivity contribution in [2.24, 2.45) is 0 Å². The number of hydrogen-bond acceptors (Lipinski definition) is 3. The smallest absolute Gasteiger partial charge is 0.374 e. The van der Waals surface area contributed by atoms with Crippen molar-refractivity contribution < 1.29 is 14.3 Å². The zero-order chi connectivity index (χ0) is 7.33. The molecule has 0 spiro atoms. The van der Waals surface area contributed by atoms with Gasteiger partial charge in [-0.3, -0.25) is 0 Å². The molecule has 2 N–H and O–H groups in total. The van der Waals surface area contributed by atoms with Crippen molar-refractivity contribution in [3.63, 3.8) is 0 Å². The topological polar surface area (TPSA) is 73.5 Å². The first-order valence-electron chi connectivity index (χ1n) is 1.85. The van der Waals surface area contributed by atoms with Crippen LogP contribution in [0.25, 0.3) is 0 Å². The van der Waals surface area contributed by atoms with E-state index in [1.54, 1.807) is 6.07 Å². The van der Waals surface area contributed by atoms with E-state index in [9.17, 15) is 0 Å². The zero-order valence-electron chi connectivity index (χ0n) is 4.26. The lowest BCUT2D eigenvalue weighted by Gasteiger charge is -2.02. The van der Waals surface area contributed by atoms with Gasteiger partial charge in [0.1, 0.15) is 6.26 Å². The molecule has 0 aliphatic carbocycles. The molecular formula is C3H4NO3PS. The molecule has 0 fully saturated rings. The maximum Gasteiger partial charge on any atom is 0.374 e. The first kappa shape index (κ1) is 8.60. The summed E-state index contributed by atoms with van der Waals surface area (Å²) in [5.74, 6) is 0. The molecule has 0 amide bonds. The van der Waals surface area contributed by atoms with Crippen molar-refractivity contribution in [3.8, 4) is 6.07 Å². The van der Waals surface area contributed by atoms with E-state index >= 15 is 0 Å². The Bertz CT molecular complexity index is 190. The largest absolute Gasteiger partial charge is 0.432 e. The number of hydrogen-bond donors (Lipinski definition) is 2. The molecule has 0 rings (SSSR count). The first-order valence-corrected chi connectivity index (χ1v) is 4.47. The Balaban J connectivity index is 3.68. The first-order chi connectivity index (χ1) is 4.06. The van der Waals surface area contributed by atoms with E-state index in [1.165, 1.54) is 0 Å². The number of allylic oxidation sites excluding steroid dienone is 1. The minimum absolute atomic E-state index is 0.848. The van der Waals surface area contributed by atoms with Gasteiger partial charge in [0, 0.05) is 11.8 Å². The van der Waals surface area contributed by atoms with Gasteiger partial charge in [0.2, 0.25) is 0 Å². The highest BCUT2D eigenvalue weighted by Crippen LogP contribution is 2.36. The Hall–Kier alpha value is -0.400. The maximum atomic E-state index is 8.34. The van der Waals surface area contributed by atoms with E-state index in [0.29, 0.717) is 0 Å². The fourth-order valence-corrected chi connectivity index (χ4v) is 0.509. The molecular weight excluding hydrogens is 161 g/mol. The van der Waals surface area contributed by atoms with Crippen LogP contribution in [0.15, 0.2) is 12.3 Å². The molecule has 0 aliphatic heterocycles. The lowest BCUT2D eigenvalue weighted by molar-refractivity contribution is 0.338. The van der Waals surface area contributed by atoms with Crippen molar-refractivity contribution in [1.29, 1.82) is 5.26 Å². The van der Waals surface area contributed by atoms with E-state index in [2.05, 4.69) is 16.3 Å². The normalized spacial score (nSPS) is 11.2. The lowest BCUT2D eigenvalue weighted by atomic mass is 10.7. The third kappa shape index (κ3) is 7.60. The molecule has 0 aromatic heterocycles. The third-order valence-electron chi connectivity index (χ3n) is 0.341. The Morgan fingerprint density at radius 1 is 1.67 bits per heavy atom. The molecule has 0 bridgehead atoms. The summed E-state index contributed by atoms with van der Waals surface area (Å²) in [4.78, 5) is 16.7. The molecule has 0 saturated carbocycles. The highest BCUT2D eigenvalue weighted by Gasteiger charge is 2.03. The molecule has 4 nitrogen and oxygen atoms in total. The molecule has 6 heteroatoms. The fourth-order valence-electron chi connectivity index (χ4n) is 0.140. The Morgan fingerprint density at radius 2 is 2.22 bits per heavy atom. The Morgan fingerprint density at radius 3 is 2.56 bits per heavy atom. The predicted molar refractivity (Wildman–Crippen MR) is 34.6 cm³/mol. The van der Waals surface area contributed by atoms with Gasteiger partial charge in [0.25, 0.3) is 0 Å². The van der Waals surface area contributed by atoms with Gasteiger partial charge in [0.15, 0.2) is 0 Å². The van der Waals surface area contributed by atoms with Crippen molar-refractivity contribution >= 4 is 18.5 Å². The van der Waals surface area contributed by atoms with Crippen LogP contribution in [-0.4, -0.2) is 9.79 Å². The minimum atomic E-state index is -3.60. The molecule has 0 saturated heterocycles. The standard InChI is InChI=1S/C3H4NO3PS/c4-2-1-3-7-8(5,6)9/h1,3H,(H2,5,6,9). The van der Waals surface area contributed by atoms with Crippen molar-refractivity contribution in [3.05, 3.63) is 12.3 Å². The Kier molecular flexibility index (Phi) is 3.43. The van der Waals surface area contributed by atoms with Crippen LogP contribution in [0.5, 0.6) is 0 Å².